The lowest BCUT2D eigenvalue weighted by Gasteiger charge is -2.17. The summed E-state index contributed by atoms with van der Waals surface area (Å²) >= 11 is 0. The van der Waals surface area contributed by atoms with Gasteiger partial charge in [-0.3, -0.25) is 10.1 Å². The van der Waals surface area contributed by atoms with E-state index in [1.807, 2.05) is 0 Å². The van der Waals surface area contributed by atoms with Crippen molar-refractivity contribution in [2.75, 3.05) is 13.1 Å². The number of sulfonamides is 1. The first-order valence-corrected chi connectivity index (χ1v) is 8.31. The first kappa shape index (κ1) is 14.3. The lowest BCUT2D eigenvalue weighted by molar-refractivity contribution is -0.386. The molecular weight excluding hydrogens is 296 g/mol. The molecule has 1 heterocycles. The van der Waals surface area contributed by atoms with Crippen molar-refractivity contribution >= 4 is 15.7 Å². The van der Waals surface area contributed by atoms with Gasteiger partial charge >= 0.3 is 5.69 Å². The molecule has 114 valence electrons. The van der Waals surface area contributed by atoms with Gasteiger partial charge in [-0.15, -0.1) is 0 Å². The molecule has 21 heavy (non-hydrogen) atoms. The highest BCUT2D eigenvalue weighted by Crippen LogP contribution is 2.40. The first-order valence-electron chi connectivity index (χ1n) is 6.87. The Labute approximate surface area is 122 Å². The average Bonchev–Trinajstić information content (AvgIpc) is 2.99. The smallest absolute Gasteiger partial charge is 0.312 e. The molecule has 0 amide bonds. The summed E-state index contributed by atoms with van der Waals surface area (Å²) in [5.74, 6) is 0.288. The fourth-order valence-corrected chi connectivity index (χ4v) is 4.92. The van der Waals surface area contributed by atoms with Crippen LogP contribution in [0.25, 0.3) is 0 Å². The molecule has 1 aliphatic heterocycles. The van der Waals surface area contributed by atoms with Gasteiger partial charge in [0.05, 0.1) is 9.82 Å². The number of fused-ring (bicyclic) bond motifs is 1. The Morgan fingerprint density at radius 3 is 2.43 bits per heavy atom. The zero-order chi connectivity index (χ0) is 15.2. The van der Waals surface area contributed by atoms with Crippen LogP contribution < -0.4 is 0 Å². The van der Waals surface area contributed by atoms with E-state index in [0.717, 1.165) is 31.4 Å². The Morgan fingerprint density at radius 2 is 1.86 bits per heavy atom. The number of nitro groups is 1. The number of phenolic OH excluding ortho intramolecular Hbond substituents is 1. The lowest BCUT2D eigenvalue weighted by Crippen LogP contribution is -2.29. The standard InChI is InChI=1S/C13H16N2O5S/c16-13-5-4-11(6-12(13)15(17)18)21(19,20)14-7-9-2-1-3-10(9)8-14/h4-6,9-10,16H,1-3,7-8H2. The van der Waals surface area contributed by atoms with Crippen molar-refractivity contribution in [3.63, 3.8) is 0 Å². The van der Waals surface area contributed by atoms with E-state index in [1.165, 1.54) is 10.4 Å². The summed E-state index contributed by atoms with van der Waals surface area (Å²) in [4.78, 5) is 9.90. The Morgan fingerprint density at radius 1 is 1.24 bits per heavy atom. The quantitative estimate of drug-likeness (QED) is 0.676. The van der Waals surface area contributed by atoms with Gasteiger partial charge in [-0.2, -0.15) is 4.31 Å². The van der Waals surface area contributed by atoms with Crippen molar-refractivity contribution in [3.8, 4) is 5.75 Å². The average molecular weight is 312 g/mol. The molecule has 2 fully saturated rings. The van der Waals surface area contributed by atoms with Crippen LogP contribution in [0.5, 0.6) is 5.75 Å². The van der Waals surface area contributed by atoms with Gasteiger partial charge in [0, 0.05) is 19.2 Å². The predicted molar refractivity (Wildman–Crippen MR) is 74.4 cm³/mol. The van der Waals surface area contributed by atoms with E-state index in [2.05, 4.69) is 0 Å². The molecule has 1 saturated carbocycles. The van der Waals surface area contributed by atoms with E-state index >= 15 is 0 Å². The molecular formula is C13H16N2O5S. The van der Waals surface area contributed by atoms with Gasteiger partial charge in [0.2, 0.25) is 10.0 Å². The molecule has 3 rings (SSSR count). The molecule has 2 unspecified atom stereocenters. The number of nitrogens with zero attached hydrogens (tertiary/aromatic N) is 2. The van der Waals surface area contributed by atoms with Gasteiger partial charge in [-0.05, 0) is 36.8 Å². The van der Waals surface area contributed by atoms with Crippen molar-refractivity contribution in [1.29, 1.82) is 0 Å². The van der Waals surface area contributed by atoms with Crippen LogP contribution in [0.4, 0.5) is 5.69 Å². The van der Waals surface area contributed by atoms with Crippen molar-refractivity contribution in [1.82, 2.24) is 4.31 Å². The van der Waals surface area contributed by atoms with E-state index in [-0.39, 0.29) is 4.90 Å². The van der Waals surface area contributed by atoms with Crippen molar-refractivity contribution in [2.24, 2.45) is 11.8 Å². The third-order valence-electron chi connectivity index (χ3n) is 4.47. The maximum absolute atomic E-state index is 12.6. The van der Waals surface area contributed by atoms with Crippen LogP contribution >= 0.6 is 0 Å². The fourth-order valence-electron chi connectivity index (χ4n) is 3.35. The van der Waals surface area contributed by atoms with Crippen LogP contribution in [-0.2, 0) is 10.0 Å². The zero-order valence-electron chi connectivity index (χ0n) is 11.3. The molecule has 0 bridgehead atoms. The lowest BCUT2D eigenvalue weighted by atomic mass is 10.0. The molecule has 7 nitrogen and oxygen atoms in total. The Balaban J connectivity index is 1.92. The molecule has 0 aromatic heterocycles. The van der Waals surface area contributed by atoms with Crippen molar-refractivity contribution in [3.05, 3.63) is 28.3 Å². The number of benzene rings is 1. The van der Waals surface area contributed by atoms with Gasteiger partial charge in [-0.1, -0.05) is 6.42 Å². The highest BCUT2D eigenvalue weighted by molar-refractivity contribution is 7.89. The molecule has 2 atom stereocenters. The minimum Gasteiger partial charge on any atom is -0.502 e. The summed E-state index contributed by atoms with van der Waals surface area (Å²) in [6, 6.07) is 3.20. The van der Waals surface area contributed by atoms with Crippen LogP contribution in [0.15, 0.2) is 23.1 Å². The van der Waals surface area contributed by atoms with Crippen molar-refractivity contribution in [2.45, 2.75) is 24.2 Å². The van der Waals surface area contributed by atoms with Crippen LogP contribution in [-0.4, -0.2) is 35.8 Å². The molecule has 1 aromatic rings. The van der Waals surface area contributed by atoms with E-state index in [1.54, 1.807) is 0 Å². The number of aromatic hydroxyl groups is 1. The summed E-state index contributed by atoms with van der Waals surface area (Å²) < 4.78 is 26.6. The second kappa shape index (κ2) is 4.96. The normalized spacial score (nSPS) is 25.9. The third kappa shape index (κ3) is 2.38. The molecule has 8 heteroatoms. The molecule has 1 saturated heterocycles. The van der Waals surface area contributed by atoms with Crippen LogP contribution in [0.3, 0.4) is 0 Å². The maximum Gasteiger partial charge on any atom is 0.312 e. The van der Waals surface area contributed by atoms with Crippen LogP contribution in [0.1, 0.15) is 19.3 Å². The third-order valence-corrected chi connectivity index (χ3v) is 6.30. The molecule has 1 aromatic carbocycles. The summed E-state index contributed by atoms with van der Waals surface area (Å²) in [5.41, 5.74) is -0.588. The second-order valence-corrected chi connectivity index (χ2v) is 7.62. The Bertz CT molecular complexity index is 676. The summed E-state index contributed by atoms with van der Waals surface area (Å²) in [6.07, 6.45) is 3.24. The highest BCUT2D eigenvalue weighted by atomic mass is 32.2. The molecule has 0 radical (unpaired) electrons. The summed E-state index contributed by atoms with van der Waals surface area (Å²) in [5, 5.41) is 20.2. The number of hydrogen-bond donors (Lipinski definition) is 1. The minimum atomic E-state index is -3.74. The van der Waals surface area contributed by atoms with E-state index in [0.29, 0.717) is 24.9 Å². The number of nitro benzene ring substituents is 1. The minimum absolute atomic E-state index is 0.132. The number of rotatable bonds is 3. The van der Waals surface area contributed by atoms with Gasteiger partial charge in [0.15, 0.2) is 5.75 Å². The molecule has 2 aliphatic rings. The van der Waals surface area contributed by atoms with Gasteiger partial charge in [0.25, 0.3) is 0 Å². The van der Waals surface area contributed by atoms with E-state index in [9.17, 15) is 23.6 Å². The van der Waals surface area contributed by atoms with Crippen LogP contribution in [0.2, 0.25) is 0 Å². The number of phenols is 1. The zero-order valence-corrected chi connectivity index (χ0v) is 12.1. The van der Waals surface area contributed by atoms with Gasteiger partial charge in [-0.25, -0.2) is 8.42 Å². The molecule has 1 aliphatic carbocycles. The monoisotopic (exact) mass is 312 g/mol. The number of hydrogen-bond acceptors (Lipinski definition) is 5. The maximum atomic E-state index is 12.6. The van der Waals surface area contributed by atoms with Gasteiger partial charge in [0.1, 0.15) is 0 Å². The summed E-state index contributed by atoms with van der Waals surface area (Å²) in [7, 11) is -3.74. The SMILES string of the molecule is O=[N+]([O-])c1cc(S(=O)(=O)N2CC3CCCC3C2)ccc1O. The first-order chi connectivity index (χ1) is 9.89. The highest BCUT2D eigenvalue weighted by Gasteiger charge is 2.41. The Hall–Kier alpha value is -1.67. The van der Waals surface area contributed by atoms with Gasteiger partial charge < -0.3 is 5.11 Å². The largest absolute Gasteiger partial charge is 0.502 e. The Kier molecular flexibility index (Phi) is 3.37. The topological polar surface area (TPSA) is 101 Å². The second-order valence-electron chi connectivity index (χ2n) is 5.68. The van der Waals surface area contributed by atoms with Crippen LogP contribution in [0, 0.1) is 22.0 Å². The summed E-state index contributed by atoms with van der Waals surface area (Å²) in [6.45, 7) is 0.976. The fraction of sp³-hybridized carbons (Fsp3) is 0.538. The molecule has 0 spiro atoms. The van der Waals surface area contributed by atoms with E-state index in [4.69, 9.17) is 0 Å². The predicted octanol–water partition coefficient (Wildman–Crippen LogP) is 1.72. The molecule has 1 N–H and O–H groups in total. The van der Waals surface area contributed by atoms with E-state index < -0.39 is 26.4 Å². The van der Waals surface area contributed by atoms with Crippen molar-refractivity contribution < 1.29 is 18.4 Å².